The second-order valence-electron chi connectivity index (χ2n) is 6.21. The van der Waals surface area contributed by atoms with Crippen molar-refractivity contribution in [3.8, 4) is 5.75 Å². The molecular weight excluding hydrogens is 354 g/mol. The SMILES string of the molecule is C=C/C=C(\C=C)CN1CC(c2ccccc2OC)Sc2ccccc2C1=O. The zero-order valence-electron chi connectivity index (χ0n) is 15.4. The van der Waals surface area contributed by atoms with Crippen molar-refractivity contribution < 1.29 is 9.53 Å². The molecule has 0 N–H and O–H groups in total. The molecule has 1 aliphatic heterocycles. The number of hydrogen-bond donors (Lipinski definition) is 0. The van der Waals surface area contributed by atoms with Gasteiger partial charge in [-0.15, -0.1) is 11.8 Å². The van der Waals surface area contributed by atoms with Gasteiger partial charge in [0, 0.05) is 23.5 Å². The third-order valence-electron chi connectivity index (χ3n) is 4.51. The molecule has 0 saturated carbocycles. The Hall–Kier alpha value is -2.72. The molecule has 0 aromatic heterocycles. The van der Waals surface area contributed by atoms with E-state index in [0.29, 0.717) is 13.1 Å². The molecule has 1 amide bonds. The Morgan fingerprint density at radius 1 is 1.22 bits per heavy atom. The Kier molecular flexibility index (Phi) is 6.20. The summed E-state index contributed by atoms with van der Waals surface area (Å²) >= 11 is 1.71. The van der Waals surface area contributed by atoms with Gasteiger partial charge in [-0.05, 0) is 23.8 Å². The fourth-order valence-electron chi connectivity index (χ4n) is 3.18. The minimum atomic E-state index is 0.0345. The number of fused-ring (bicyclic) bond motifs is 1. The molecule has 0 radical (unpaired) electrons. The van der Waals surface area contributed by atoms with Gasteiger partial charge < -0.3 is 9.64 Å². The molecule has 2 aromatic carbocycles. The fraction of sp³-hybridized carbons (Fsp3) is 0.174. The van der Waals surface area contributed by atoms with Crippen LogP contribution in [0.1, 0.15) is 21.2 Å². The summed E-state index contributed by atoms with van der Waals surface area (Å²) in [7, 11) is 1.68. The summed E-state index contributed by atoms with van der Waals surface area (Å²) in [6, 6.07) is 15.8. The summed E-state index contributed by atoms with van der Waals surface area (Å²) in [5.41, 5.74) is 2.79. The molecule has 4 heteroatoms. The fourth-order valence-corrected chi connectivity index (χ4v) is 4.50. The summed E-state index contributed by atoms with van der Waals surface area (Å²) in [6.07, 6.45) is 5.39. The van der Waals surface area contributed by atoms with Gasteiger partial charge in [0.25, 0.3) is 5.91 Å². The van der Waals surface area contributed by atoms with Crippen molar-refractivity contribution in [3.63, 3.8) is 0 Å². The molecule has 3 nitrogen and oxygen atoms in total. The van der Waals surface area contributed by atoms with Crippen molar-refractivity contribution in [1.29, 1.82) is 0 Å². The molecule has 1 heterocycles. The third kappa shape index (κ3) is 4.17. The van der Waals surface area contributed by atoms with Crippen LogP contribution in [0.5, 0.6) is 5.75 Å². The number of benzene rings is 2. The van der Waals surface area contributed by atoms with E-state index in [1.165, 1.54) is 0 Å². The quantitative estimate of drug-likeness (QED) is 0.641. The number of ether oxygens (including phenoxy) is 1. The van der Waals surface area contributed by atoms with E-state index < -0.39 is 0 Å². The van der Waals surface area contributed by atoms with Gasteiger partial charge in [0.2, 0.25) is 0 Å². The zero-order valence-corrected chi connectivity index (χ0v) is 16.2. The van der Waals surface area contributed by atoms with Gasteiger partial charge in [0.15, 0.2) is 0 Å². The van der Waals surface area contributed by atoms with E-state index >= 15 is 0 Å². The summed E-state index contributed by atoms with van der Waals surface area (Å²) in [5.74, 6) is 0.875. The first-order chi connectivity index (χ1) is 13.2. The van der Waals surface area contributed by atoms with E-state index in [-0.39, 0.29) is 11.2 Å². The number of nitrogens with zero attached hydrogens (tertiary/aromatic N) is 1. The number of methoxy groups -OCH3 is 1. The third-order valence-corrected chi connectivity index (χ3v) is 5.81. The molecule has 0 saturated heterocycles. The molecule has 0 bridgehead atoms. The second-order valence-corrected chi connectivity index (χ2v) is 7.46. The number of allylic oxidation sites excluding steroid dienone is 2. The lowest BCUT2D eigenvalue weighted by Gasteiger charge is -2.26. The molecule has 1 aliphatic rings. The Labute approximate surface area is 165 Å². The minimum absolute atomic E-state index is 0.0345. The Morgan fingerprint density at radius 2 is 1.96 bits per heavy atom. The number of hydrogen-bond acceptors (Lipinski definition) is 3. The highest BCUT2D eigenvalue weighted by atomic mass is 32.2. The lowest BCUT2D eigenvalue weighted by molar-refractivity contribution is 0.0771. The monoisotopic (exact) mass is 377 g/mol. The normalized spacial score (nSPS) is 17.1. The predicted octanol–water partition coefficient (Wildman–Crippen LogP) is 5.28. The standard InChI is InChI=1S/C23H23NO2S/c1-4-10-17(5-2)15-24-16-22(18-11-6-8-13-20(18)26-3)27-21-14-9-7-12-19(21)23(24)25/h4-14,22H,1-2,15-16H2,3H3/b17-10+. The van der Waals surface area contributed by atoms with Gasteiger partial charge in [-0.3, -0.25) is 4.79 Å². The van der Waals surface area contributed by atoms with Crippen molar-refractivity contribution in [2.45, 2.75) is 10.1 Å². The van der Waals surface area contributed by atoms with Crippen LogP contribution in [0.4, 0.5) is 0 Å². The number of carbonyl (C=O) groups is 1. The van der Waals surface area contributed by atoms with Crippen molar-refractivity contribution in [1.82, 2.24) is 4.90 Å². The van der Waals surface area contributed by atoms with Crippen LogP contribution in [-0.2, 0) is 0 Å². The van der Waals surface area contributed by atoms with Crippen LogP contribution >= 0.6 is 11.8 Å². The van der Waals surface area contributed by atoms with E-state index in [1.54, 1.807) is 31.0 Å². The van der Waals surface area contributed by atoms with Crippen LogP contribution in [0, 0.1) is 0 Å². The highest BCUT2D eigenvalue weighted by Gasteiger charge is 2.30. The molecule has 27 heavy (non-hydrogen) atoms. The number of amides is 1. The number of carbonyl (C=O) groups excluding carboxylic acids is 1. The first kappa shape index (κ1) is 19.1. The Bertz CT molecular complexity index is 887. The summed E-state index contributed by atoms with van der Waals surface area (Å²) in [4.78, 5) is 16.1. The minimum Gasteiger partial charge on any atom is -0.496 e. The van der Waals surface area contributed by atoms with Gasteiger partial charge in [-0.2, -0.15) is 0 Å². The maximum absolute atomic E-state index is 13.2. The Morgan fingerprint density at radius 3 is 2.70 bits per heavy atom. The summed E-state index contributed by atoms with van der Waals surface area (Å²) in [6.45, 7) is 8.69. The van der Waals surface area contributed by atoms with Crippen LogP contribution in [0.15, 0.2) is 90.4 Å². The van der Waals surface area contributed by atoms with Gasteiger partial charge in [0.05, 0.1) is 17.9 Å². The smallest absolute Gasteiger partial charge is 0.255 e. The summed E-state index contributed by atoms with van der Waals surface area (Å²) < 4.78 is 5.57. The van der Waals surface area contributed by atoms with Gasteiger partial charge in [-0.25, -0.2) is 0 Å². The van der Waals surface area contributed by atoms with E-state index in [9.17, 15) is 4.79 Å². The molecule has 138 valence electrons. The van der Waals surface area contributed by atoms with Crippen LogP contribution in [0.25, 0.3) is 0 Å². The maximum atomic E-state index is 13.2. The van der Waals surface area contributed by atoms with Crippen LogP contribution < -0.4 is 4.74 Å². The first-order valence-electron chi connectivity index (χ1n) is 8.79. The molecule has 1 unspecified atom stereocenters. The first-order valence-corrected chi connectivity index (χ1v) is 9.67. The number of rotatable bonds is 6. The van der Waals surface area contributed by atoms with Gasteiger partial charge in [0.1, 0.15) is 5.75 Å². The molecule has 0 fully saturated rings. The average Bonchev–Trinajstić information content (AvgIpc) is 2.84. The lowest BCUT2D eigenvalue weighted by Crippen LogP contribution is -2.34. The largest absolute Gasteiger partial charge is 0.496 e. The van der Waals surface area contributed by atoms with Gasteiger partial charge in [-0.1, -0.05) is 61.7 Å². The van der Waals surface area contributed by atoms with E-state index in [4.69, 9.17) is 4.74 Å². The topological polar surface area (TPSA) is 29.5 Å². The van der Waals surface area contributed by atoms with Crippen LogP contribution in [0.2, 0.25) is 0 Å². The molecule has 1 atom stereocenters. The maximum Gasteiger partial charge on any atom is 0.255 e. The van der Waals surface area contributed by atoms with Gasteiger partial charge >= 0.3 is 0 Å². The van der Waals surface area contributed by atoms with Crippen LogP contribution in [-0.4, -0.2) is 31.0 Å². The number of para-hydroxylation sites is 1. The highest BCUT2D eigenvalue weighted by molar-refractivity contribution is 7.99. The highest BCUT2D eigenvalue weighted by Crippen LogP contribution is 2.43. The van der Waals surface area contributed by atoms with E-state index in [1.807, 2.05) is 53.4 Å². The molecular formula is C23H23NO2S. The van der Waals surface area contributed by atoms with E-state index in [0.717, 1.165) is 27.3 Å². The molecule has 0 spiro atoms. The zero-order chi connectivity index (χ0) is 19.2. The van der Waals surface area contributed by atoms with Crippen molar-refractivity contribution >= 4 is 17.7 Å². The lowest BCUT2D eigenvalue weighted by atomic mass is 10.1. The average molecular weight is 378 g/mol. The Balaban J connectivity index is 2.04. The van der Waals surface area contributed by atoms with E-state index in [2.05, 4.69) is 19.2 Å². The van der Waals surface area contributed by atoms with Crippen LogP contribution in [0.3, 0.4) is 0 Å². The van der Waals surface area contributed by atoms with Crippen molar-refractivity contribution in [2.24, 2.45) is 0 Å². The molecule has 3 rings (SSSR count). The van der Waals surface area contributed by atoms with Crippen molar-refractivity contribution in [2.75, 3.05) is 20.2 Å². The molecule has 0 aliphatic carbocycles. The molecule has 2 aromatic rings. The van der Waals surface area contributed by atoms with Crippen molar-refractivity contribution in [3.05, 3.63) is 96.6 Å². The number of thioether (sulfide) groups is 1. The second kappa shape index (κ2) is 8.78. The summed E-state index contributed by atoms with van der Waals surface area (Å²) in [5, 5.41) is 0.0727. The predicted molar refractivity (Wildman–Crippen MR) is 112 cm³/mol.